The predicted molar refractivity (Wildman–Crippen MR) is 48.8 cm³/mol. The first-order valence-corrected chi connectivity index (χ1v) is 3.79. The maximum atomic E-state index is 13.2. The summed E-state index contributed by atoms with van der Waals surface area (Å²) in [5, 5.41) is 10.5. The monoisotopic (exact) mass is 214 g/mol. The molecular weight excluding hydrogens is 207 g/mol. The van der Waals surface area contributed by atoms with Crippen LogP contribution in [0.1, 0.15) is 10.4 Å². The summed E-state index contributed by atoms with van der Waals surface area (Å²) in [6, 6.07) is 2.11. The maximum Gasteiger partial charge on any atom is 0.345 e. The van der Waals surface area contributed by atoms with Gasteiger partial charge in [-0.05, 0) is 12.1 Å². The van der Waals surface area contributed by atoms with Crippen molar-refractivity contribution in [1.82, 2.24) is 0 Å². The zero-order valence-electron chi connectivity index (χ0n) is 7.69. The lowest BCUT2D eigenvalue weighted by molar-refractivity contribution is -0.387. The van der Waals surface area contributed by atoms with E-state index in [0.29, 0.717) is 0 Å². The van der Waals surface area contributed by atoms with Gasteiger partial charge in [0.25, 0.3) is 0 Å². The van der Waals surface area contributed by atoms with Crippen LogP contribution < -0.4 is 5.73 Å². The van der Waals surface area contributed by atoms with Gasteiger partial charge in [-0.3, -0.25) is 10.1 Å². The van der Waals surface area contributed by atoms with Crippen LogP contribution in [0.25, 0.3) is 0 Å². The zero-order valence-corrected chi connectivity index (χ0v) is 7.69. The Morgan fingerprint density at radius 3 is 2.67 bits per heavy atom. The molecule has 6 nitrogen and oxygen atoms in total. The van der Waals surface area contributed by atoms with Crippen molar-refractivity contribution in [3.8, 4) is 0 Å². The van der Waals surface area contributed by atoms with Crippen molar-refractivity contribution in [2.75, 3.05) is 12.8 Å². The highest BCUT2D eigenvalue weighted by atomic mass is 19.1. The molecule has 0 aliphatic heterocycles. The van der Waals surface area contributed by atoms with E-state index in [1.54, 1.807) is 0 Å². The van der Waals surface area contributed by atoms with Crippen LogP contribution in [-0.2, 0) is 4.74 Å². The zero-order chi connectivity index (χ0) is 11.6. The van der Waals surface area contributed by atoms with Gasteiger partial charge in [-0.1, -0.05) is 0 Å². The third kappa shape index (κ3) is 1.85. The molecule has 0 unspecified atom stereocenters. The van der Waals surface area contributed by atoms with E-state index in [1.807, 2.05) is 0 Å². The fourth-order valence-corrected chi connectivity index (χ4v) is 1.03. The Kier molecular flexibility index (Phi) is 2.84. The fourth-order valence-electron chi connectivity index (χ4n) is 1.03. The highest BCUT2D eigenvalue weighted by Gasteiger charge is 2.27. The molecule has 0 radical (unpaired) electrons. The molecule has 0 aliphatic carbocycles. The Bertz CT molecular complexity index is 433. The van der Waals surface area contributed by atoms with Crippen molar-refractivity contribution in [3.63, 3.8) is 0 Å². The first kappa shape index (κ1) is 10.9. The van der Waals surface area contributed by atoms with Crippen molar-refractivity contribution in [2.45, 2.75) is 0 Å². The second-order valence-electron chi connectivity index (χ2n) is 2.61. The molecule has 2 N–H and O–H groups in total. The first-order chi connectivity index (χ1) is 6.99. The number of anilines is 1. The molecule has 0 atom stereocenters. The summed E-state index contributed by atoms with van der Waals surface area (Å²) < 4.78 is 17.5. The molecule has 0 amide bonds. The minimum absolute atomic E-state index is 0.394. The first-order valence-electron chi connectivity index (χ1n) is 3.79. The van der Waals surface area contributed by atoms with Crippen LogP contribution >= 0.6 is 0 Å². The van der Waals surface area contributed by atoms with Gasteiger partial charge in [0, 0.05) is 0 Å². The molecule has 0 heterocycles. The quantitative estimate of drug-likeness (QED) is 0.344. The largest absolute Gasteiger partial charge is 0.465 e. The van der Waals surface area contributed by atoms with Gasteiger partial charge in [0.05, 0.1) is 17.7 Å². The van der Waals surface area contributed by atoms with E-state index < -0.39 is 33.6 Å². The van der Waals surface area contributed by atoms with Crippen molar-refractivity contribution in [3.05, 3.63) is 33.6 Å². The average Bonchev–Trinajstić information content (AvgIpc) is 2.20. The minimum Gasteiger partial charge on any atom is -0.465 e. The smallest absolute Gasteiger partial charge is 0.345 e. The average molecular weight is 214 g/mol. The summed E-state index contributed by atoms with van der Waals surface area (Å²) in [6.45, 7) is 0. The third-order valence-corrected chi connectivity index (χ3v) is 1.73. The minimum atomic E-state index is -1.23. The van der Waals surface area contributed by atoms with Gasteiger partial charge in [0.15, 0.2) is 0 Å². The Labute approximate surface area is 83.6 Å². The normalized spacial score (nSPS) is 9.73. The van der Waals surface area contributed by atoms with Crippen LogP contribution in [-0.4, -0.2) is 18.0 Å². The number of hydrogen-bond acceptors (Lipinski definition) is 5. The maximum absolute atomic E-state index is 13.2. The van der Waals surface area contributed by atoms with Crippen molar-refractivity contribution >= 4 is 17.3 Å². The third-order valence-electron chi connectivity index (χ3n) is 1.73. The number of nitrogens with zero attached hydrogens (tertiary/aromatic N) is 1. The highest BCUT2D eigenvalue weighted by Crippen LogP contribution is 2.27. The molecule has 0 spiro atoms. The lowest BCUT2D eigenvalue weighted by atomic mass is 10.1. The number of benzene rings is 1. The molecule has 1 rings (SSSR count). The lowest BCUT2D eigenvalue weighted by Crippen LogP contribution is -2.08. The Morgan fingerprint density at radius 1 is 1.60 bits per heavy atom. The van der Waals surface area contributed by atoms with Crippen molar-refractivity contribution < 1.29 is 18.8 Å². The number of rotatable bonds is 2. The van der Waals surface area contributed by atoms with Gasteiger partial charge in [0.1, 0.15) is 5.56 Å². The number of methoxy groups -OCH3 is 1. The van der Waals surface area contributed by atoms with Crippen molar-refractivity contribution in [2.24, 2.45) is 0 Å². The molecule has 0 fully saturated rings. The lowest BCUT2D eigenvalue weighted by Gasteiger charge is -2.03. The van der Waals surface area contributed by atoms with E-state index in [2.05, 4.69) is 4.74 Å². The Balaban J connectivity index is 3.46. The standard InChI is InChI=1S/C8H7FN2O4/c1-15-8(12)4-2-3-5(10)6(9)7(4)11(13)14/h2-3H,10H2,1H3. The highest BCUT2D eigenvalue weighted by molar-refractivity contribution is 5.94. The van der Waals surface area contributed by atoms with Crippen LogP contribution in [0.5, 0.6) is 0 Å². The SMILES string of the molecule is COC(=O)c1ccc(N)c(F)c1[N+](=O)[O-]. The molecule has 0 saturated carbocycles. The van der Waals surface area contributed by atoms with Crippen LogP contribution in [0, 0.1) is 15.9 Å². The van der Waals surface area contributed by atoms with E-state index in [0.717, 1.165) is 19.2 Å². The molecule has 80 valence electrons. The van der Waals surface area contributed by atoms with Crippen LogP contribution in [0.2, 0.25) is 0 Å². The topological polar surface area (TPSA) is 95.5 Å². The number of ether oxygens (including phenoxy) is 1. The van der Waals surface area contributed by atoms with Crippen LogP contribution in [0.4, 0.5) is 15.8 Å². The fraction of sp³-hybridized carbons (Fsp3) is 0.125. The summed E-state index contributed by atoms with van der Waals surface area (Å²) in [6.07, 6.45) is 0. The molecular formula is C8H7FN2O4. The van der Waals surface area contributed by atoms with Gasteiger partial charge in [0.2, 0.25) is 5.82 Å². The molecule has 0 saturated heterocycles. The second kappa shape index (κ2) is 3.91. The van der Waals surface area contributed by atoms with E-state index in [9.17, 15) is 19.3 Å². The molecule has 7 heteroatoms. The van der Waals surface area contributed by atoms with Crippen LogP contribution in [0.15, 0.2) is 12.1 Å². The van der Waals surface area contributed by atoms with E-state index in [1.165, 1.54) is 0 Å². The number of nitro groups is 1. The van der Waals surface area contributed by atoms with Gasteiger partial charge in [-0.25, -0.2) is 4.79 Å². The van der Waals surface area contributed by atoms with E-state index in [-0.39, 0.29) is 0 Å². The number of nitrogen functional groups attached to an aromatic ring is 1. The molecule has 0 aromatic heterocycles. The number of hydrogen-bond donors (Lipinski definition) is 1. The number of esters is 1. The summed E-state index contributed by atoms with van der Waals surface area (Å²) in [4.78, 5) is 20.6. The van der Waals surface area contributed by atoms with Gasteiger partial charge >= 0.3 is 11.7 Å². The number of nitrogens with two attached hydrogens (primary N) is 1. The summed E-state index contributed by atoms with van der Waals surface area (Å²) in [7, 11) is 1.04. The van der Waals surface area contributed by atoms with Crippen molar-refractivity contribution in [1.29, 1.82) is 0 Å². The number of halogens is 1. The summed E-state index contributed by atoms with van der Waals surface area (Å²) in [5.74, 6) is -2.22. The van der Waals surface area contributed by atoms with Gasteiger partial charge < -0.3 is 10.5 Å². The number of nitro benzene ring substituents is 1. The molecule has 0 aliphatic rings. The van der Waals surface area contributed by atoms with Gasteiger partial charge in [-0.2, -0.15) is 4.39 Å². The predicted octanol–water partition coefficient (Wildman–Crippen LogP) is 1.10. The van der Waals surface area contributed by atoms with E-state index >= 15 is 0 Å². The summed E-state index contributed by atoms with van der Waals surface area (Å²) >= 11 is 0. The molecule has 0 bridgehead atoms. The Morgan fingerprint density at radius 2 is 2.20 bits per heavy atom. The second-order valence-corrected chi connectivity index (χ2v) is 2.61. The molecule has 15 heavy (non-hydrogen) atoms. The summed E-state index contributed by atoms with van der Waals surface area (Å²) in [5.41, 5.74) is 3.31. The van der Waals surface area contributed by atoms with E-state index in [4.69, 9.17) is 5.73 Å². The Hall–Kier alpha value is -2.18. The molecule has 1 aromatic rings. The molecule has 1 aromatic carbocycles. The number of carbonyl (C=O) groups is 1. The number of carbonyl (C=O) groups excluding carboxylic acids is 1. The van der Waals surface area contributed by atoms with Gasteiger partial charge in [-0.15, -0.1) is 0 Å². The van der Waals surface area contributed by atoms with Crippen LogP contribution in [0.3, 0.4) is 0 Å².